The first-order valence-electron chi connectivity index (χ1n) is 7.51. The third kappa shape index (κ3) is 3.06. The Hall–Kier alpha value is -1.14. The Balaban J connectivity index is 1.69. The van der Waals surface area contributed by atoms with E-state index in [4.69, 9.17) is 9.31 Å². The van der Waals surface area contributed by atoms with Gasteiger partial charge in [-0.1, -0.05) is 0 Å². The fourth-order valence-corrected chi connectivity index (χ4v) is 2.32. The van der Waals surface area contributed by atoms with Crippen LogP contribution in [0.3, 0.4) is 0 Å². The van der Waals surface area contributed by atoms with E-state index in [0.29, 0.717) is 5.69 Å². The Morgan fingerprint density at radius 2 is 2.00 bits per heavy atom. The molecule has 1 saturated carbocycles. The zero-order valence-corrected chi connectivity index (χ0v) is 13.1. The number of imidazole rings is 1. The summed E-state index contributed by atoms with van der Waals surface area (Å²) in [6, 6.07) is 0. The van der Waals surface area contributed by atoms with E-state index in [9.17, 15) is 4.39 Å². The van der Waals surface area contributed by atoms with Gasteiger partial charge >= 0.3 is 7.12 Å². The van der Waals surface area contributed by atoms with Crippen molar-refractivity contribution in [3.05, 3.63) is 23.9 Å². The molecule has 0 radical (unpaired) electrons. The van der Waals surface area contributed by atoms with Crippen LogP contribution in [0.1, 0.15) is 46.2 Å². The highest BCUT2D eigenvalue weighted by Gasteiger charge is 2.53. The third-order valence-electron chi connectivity index (χ3n) is 4.58. The molecule has 0 bridgehead atoms. The average molecular weight is 292 g/mol. The van der Waals surface area contributed by atoms with Gasteiger partial charge in [0.2, 0.25) is 0 Å². The fraction of sp³-hybridized carbons (Fsp3) is 0.667. The fourth-order valence-electron chi connectivity index (χ4n) is 2.32. The summed E-state index contributed by atoms with van der Waals surface area (Å²) in [5, 5.41) is 0. The summed E-state index contributed by atoms with van der Waals surface area (Å²) < 4.78 is 27.7. The van der Waals surface area contributed by atoms with E-state index in [1.807, 2.05) is 38.5 Å². The van der Waals surface area contributed by atoms with Crippen LogP contribution in [0.15, 0.2) is 18.3 Å². The van der Waals surface area contributed by atoms with Crippen LogP contribution in [0.2, 0.25) is 0 Å². The maximum absolute atomic E-state index is 14.3. The number of nitrogens with zero attached hydrogens (tertiary/aromatic N) is 2. The molecule has 21 heavy (non-hydrogen) atoms. The number of hydrogen-bond donors (Lipinski definition) is 0. The van der Waals surface area contributed by atoms with Gasteiger partial charge in [-0.3, -0.25) is 0 Å². The topological polar surface area (TPSA) is 36.3 Å². The van der Waals surface area contributed by atoms with Crippen LogP contribution < -0.4 is 0 Å². The van der Waals surface area contributed by atoms with Crippen molar-refractivity contribution in [2.45, 2.75) is 58.3 Å². The van der Waals surface area contributed by atoms with Gasteiger partial charge in [0.15, 0.2) is 0 Å². The summed E-state index contributed by atoms with van der Waals surface area (Å²) in [6.07, 6.45) is 7.58. The molecule has 2 aliphatic rings. The van der Waals surface area contributed by atoms with Crippen LogP contribution in [-0.2, 0) is 15.9 Å². The van der Waals surface area contributed by atoms with Gasteiger partial charge in [0.1, 0.15) is 5.73 Å². The lowest BCUT2D eigenvalue weighted by Crippen LogP contribution is -2.41. The molecular weight excluding hydrogens is 270 g/mol. The second-order valence-electron chi connectivity index (χ2n) is 7.06. The third-order valence-corrected chi connectivity index (χ3v) is 4.58. The van der Waals surface area contributed by atoms with Crippen molar-refractivity contribution in [1.82, 2.24) is 9.55 Å². The molecule has 0 atom stereocenters. The van der Waals surface area contributed by atoms with Gasteiger partial charge < -0.3 is 13.9 Å². The molecule has 1 aromatic rings. The summed E-state index contributed by atoms with van der Waals surface area (Å²) >= 11 is 0. The molecule has 0 spiro atoms. The van der Waals surface area contributed by atoms with Crippen LogP contribution >= 0.6 is 0 Å². The van der Waals surface area contributed by atoms with E-state index in [-0.39, 0.29) is 0 Å². The molecule has 1 saturated heterocycles. The van der Waals surface area contributed by atoms with Crippen molar-refractivity contribution >= 4 is 13.2 Å². The molecule has 114 valence electrons. The van der Waals surface area contributed by atoms with E-state index in [1.165, 1.54) is 18.9 Å². The summed E-state index contributed by atoms with van der Waals surface area (Å²) in [4.78, 5) is 4.22. The number of rotatable bonds is 4. The van der Waals surface area contributed by atoms with Gasteiger partial charge in [-0.15, -0.1) is 0 Å². The molecule has 0 unspecified atom stereocenters. The SMILES string of the molecule is CC1(C)OB(C(F)=Cc2cn(CC3CC3)cn2)OC1(C)C. The Labute approximate surface area is 125 Å². The molecule has 0 aromatic carbocycles. The molecule has 1 aromatic heterocycles. The van der Waals surface area contributed by atoms with E-state index >= 15 is 0 Å². The highest BCUT2D eigenvalue weighted by Crippen LogP contribution is 2.39. The monoisotopic (exact) mass is 292 g/mol. The van der Waals surface area contributed by atoms with Crippen LogP contribution in [0.4, 0.5) is 4.39 Å². The first-order valence-corrected chi connectivity index (χ1v) is 7.51. The van der Waals surface area contributed by atoms with Gasteiger partial charge in [0, 0.05) is 12.7 Å². The molecular formula is C15H22BFN2O2. The second-order valence-corrected chi connectivity index (χ2v) is 7.06. The first-order chi connectivity index (χ1) is 9.77. The summed E-state index contributed by atoms with van der Waals surface area (Å²) in [7, 11) is -0.955. The smallest absolute Gasteiger partial charge is 0.398 e. The summed E-state index contributed by atoms with van der Waals surface area (Å²) in [6.45, 7) is 8.60. The van der Waals surface area contributed by atoms with Crippen LogP contribution in [-0.4, -0.2) is 27.9 Å². The molecule has 0 N–H and O–H groups in total. The molecule has 6 heteroatoms. The van der Waals surface area contributed by atoms with Gasteiger partial charge in [-0.05, 0) is 52.5 Å². The van der Waals surface area contributed by atoms with Crippen molar-refractivity contribution in [2.75, 3.05) is 0 Å². The van der Waals surface area contributed by atoms with Gasteiger partial charge in [0.25, 0.3) is 0 Å². The predicted octanol–water partition coefficient (Wildman–Crippen LogP) is 3.23. The largest absolute Gasteiger partial charge is 0.525 e. The van der Waals surface area contributed by atoms with Crippen LogP contribution in [0.5, 0.6) is 0 Å². The van der Waals surface area contributed by atoms with E-state index in [1.54, 1.807) is 6.33 Å². The minimum atomic E-state index is -0.955. The van der Waals surface area contributed by atoms with Gasteiger partial charge in [0.05, 0.1) is 23.2 Å². The lowest BCUT2D eigenvalue weighted by Gasteiger charge is -2.32. The molecule has 0 amide bonds. The van der Waals surface area contributed by atoms with E-state index in [2.05, 4.69) is 4.98 Å². The maximum atomic E-state index is 14.3. The normalized spacial score (nSPS) is 24.6. The highest BCUT2D eigenvalue weighted by molar-refractivity contribution is 6.54. The van der Waals surface area contributed by atoms with Crippen molar-refractivity contribution in [1.29, 1.82) is 0 Å². The molecule has 1 aliphatic heterocycles. The van der Waals surface area contributed by atoms with Gasteiger partial charge in [-0.25, -0.2) is 9.37 Å². The van der Waals surface area contributed by atoms with E-state index in [0.717, 1.165) is 12.5 Å². The zero-order valence-electron chi connectivity index (χ0n) is 13.1. The molecule has 4 nitrogen and oxygen atoms in total. The summed E-state index contributed by atoms with van der Waals surface area (Å²) in [5.41, 5.74) is -0.907. The van der Waals surface area contributed by atoms with Crippen molar-refractivity contribution < 1.29 is 13.7 Å². The number of aromatic nitrogens is 2. The number of halogens is 1. The minimum Gasteiger partial charge on any atom is -0.398 e. The Morgan fingerprint density at radius 1 is 1.38 bits per heavy atom. The van der Waals surface area contributed by atoms with Gasteiger partial charge in [-0.2, -0.15) is 0 Å². The zero-order chi connectivity index (χ0) is 15.3. The lowest BCUT2D eigenvalue weighted by molar-refractivity contribution is 0.00578. The minimum absolute atomic E-state index is 0.440. The van der Waals surface area contributed by atoms with Crippen molar-refractivity contribution in [2.24, 2.45) is 5.92 Å². The highest BCUT2D eigenvalue weighted by atomic mass is 19.1. The maximum Gasteiger partial charge on any atom is 0.525 e. The van der Waals surface area contributed by atoms with Crippen LogP contribution in [0, 0.1) is 5.92 Å². The van der Waals surface area contributed by atoms with Crippen LogP contribution in [0.25, 0.3) is 6.08 Å². The Kier molecular flexibility index (Phi) is 3.49. The molecule has 2 fully saturated rings. The standard InChI is InChI=1S/C15H22BFN2O2/c1-14(2)15(3,4)21-16(20-14)13(17)7-12-9-19(10-18-12)8-11-5-6-11/h7,9-11H,5-6,8H2,1-4H3. The second kappa shape index (κ2) is 4.95. The summed E-state index contributed by atoms with van der Waals surface area (Å²) in [5.74, 6) is 0.768. The molecule has 1 aliphatic carbocycles. The Morgan fingerprint density at radius 3 is 2.57 bits per heavy atom. The number of hydrogen-bond acceptors (Lipinski definition) is 3. The average Bonchev–Trinajstić information content (AvgIpc) is 3.01. The van der Waals surface area contributed by atoms with Crippen molar-refractivity contribution in [3.63, 3.8) is 0 Å². The quantitative estimate of drug-likeness (QED) is 0.799. The predicted molar refractivity (Wildman–Crippen MR) is 80.1 cm³/mol. The Bertz CT molecular complexity index is 548. The lowest BCUT2D eigenvalue weighted by atomic mass is 9.87. The first kappa shape index (κ1) is 14.8. The molecule has 3 rings (SSSR count). The van der Waals surface area contributed by atoms with E-state index < -0.39 is 24.0 Å². The molecule has 2 heterocycles. The van der Waals surface area contributed by atoms with Crippen molar-refractivity contribution in [3.8, 4) is 0 Å².